The Kier molecular flexibility index (Phi) is 2.11. The molecule has 0 aromatic heterocycles. The van der Waals surface area contributed by atoms with Gasteiger partial charge in [0.15, 0.2) is 12.1 Å². The van der Waals surface area contributed by atoms with Gasteiger partial charge in [-0.1, -0.05) is 0 Å². The third-order valence-electron chi connectivity index (χ3n) is 2.49. The van der Waals surface area contributed by atoms with Gasteiger partial charge in [-0.2, -0.15) is 0 Å². The van der Waals surface area contributed by atoms with Crippen LogP contribution in [0.2, 0.25) is 0 Å². The van der Waals surface area contributed by atoms with E-state index in [4.69, 9.17) is 14.2 Å². The molecule has 13 heavy (non-hydrogen) atoms. The van der Waals surface area contributed by atoms with Crippen molar-refractivity contribution < 1.29 is 19.3 Å². The summed E-state index contributed by atoms with van der Waals surface area (Å²) in [4.78, 5) is 0. The molecule has 2 fully saturated rings. The van der Waals surface area contributed by atoms with Crippen LogP contribution in [-0.2, 0) is 14.2 Å². The Morgan fingerprint density at radius 3 is 2.69 bits per heavy atom. The highest BCUT2D eigenvalue weighted by Crippen LogP contribution is 2.36. The Balaban J connectivity index is 2.10. The second-order valence-electron chi connectivity index (χ2n) is 4.17. The number of aliphatic hydroxyl groups is 1. The van der Waals surface area contributed by atoms with E-state index in [1.165, 1.54) is 0 Å². The zero-order valence-corrected chi connectivity index (χ0v) is 8.19. The van der Waals surface area contributed by atoms with Crippen LogP contribution in [0.5, 0.6) is 0 Å². The summed E-state index contributed by atoms with van der Waals surface area (Å²) in [6, 6.07) is 0. The minimum Gasteiger partial charge on any atom is -0.368 e. The minimum absolute atomic E-state index is 0.0336. The van der Waals surface area contributed by atoms with Crippen LogP contribution >= 0.6 is 0 Å². The third kappa shape index (κ3) is 1.72. The summed E-state index contributed by atoms with van der Waals surface area (Å²) in [7, 11) is 0. The molecule has 0 spiro atoms. The average molecular weight is 188 g/mol. The minimum atomic E-state index is -0.714. The highest BCUT2D eigenvalue weighted by atomic mass is 16.8. The molecule has 2 saturated heterocycles. The van der Waals surface area contributed by atoms with E-state index in [1.807, 2.05) is 20.8 Å². The quantitative estimate of drug-likeness (QED) is 0.606. The number of fused-ring (bicyclic) bond motifs is 1. The molecule has 2 aliphatic rings. The topological polar surface area (TPSA) is 47.9 Å². The highest BCUT2D eigenvalue weighted by molar-refractivity contribution is 4.89. The number of hydrogen-bond acceptors (Lipinski definition) is 4. The van der Waals surface area contributed by atoms with Crippen molar-refractivity contribution >= 4 is 0 Å². The first-order valence-corrected chi connectivity index (χ1v) is 4.67. The van der Waals surface area contributed by atoms with E-state index in [0.29, 0.717) is 6.42 Å². The average Bonchev–Trinajstić information content (AvgIpc) is 2.23. The van der Waals surface area contributed by atoms with E-state index >= 15 is 0 Å². The smallest absolute Gasteiger partial charge is 0.163 e. The SMILES string of the molecule is C[C@H]1O[C@H](O)C[C@H]2OC(C)(C)O[C@@H]12. The van der Waals surface area contributed by atoms with E-state index in [-0.39, 0.29) is 18.3 Å². The van der Waals surface area contributed by atoms with Gasteiger partial charge >= 0.3 is 0 Å². The Morgan fingerprint density at radius 2 is 2.00 bits per heavy atom. The standard InChI is InChI=1S/C9H16O4/c1-5-8-6(4-7(10)11-5)12-9(2,3)13-8/h5-8,10H,4H2,1-3H3/t5-,6-,7+,8+/m1/s1. The summed E-state index contributed by atoms with van der Waals surface area (Å²) in [6.07, 6.45) is -0.394. The monoisotopic (exact) mass is 188 g/mol. The number of ether oxygens (including phenoxy) is 3. The molecular weight excluding hydrogens is 172 g/mol. The molecule has 4 atom stereocenters. The van der Waals surface area contributed by atoms with Gasteiger partial charge in [0.05, 0.1) is 12.2 Å². The van der Waals surface area contributed by atoms with Crippen LogP contribution in [-0.4, -0.2) is 35.5 Å². The molecule has 0 aromatic rings. The molecule has 4 heteroatoms. The van der Waals surface area contributed by atoms with Crippen LogP contribution in [0.3, 0.4) is 0 Å². The van der Waals surface area contributed by atoms with Crippen LogP contribution in [0.25, 0.3) is 0 Å². The second-order valence-corrected chi connectivity index (χ2v) is 4.17. The molecule has 0 bridgehead atoms. The first-order chi connectivity index (χ1) is 5.98. The van der Waals surface area contributed by atoms with Crippen molar-refractivity contribution in [2.24, 2.45) is 0 Å². The summed E-state index contributed by atoms with van der Waals surface area (Å²) < 4.78 is 16.5. The Morgan fingerprint density at radius 1 is 1.31 bits per heavy atom. The van der Waals surface area contributed by atoms with E-state index in [9.17, 15) is 5.11 Å². The Hall–Kier alpha value is -0.160. The van der Waals surface area contributed by atoms with Gasteiger partial charge in [-0.05, 0) is 20.8 Å². The van der Waals surface area contributed by atoms with Crippen LogP contribution in [0.1, 0.15) is 27.2 Å². The molecule has 4 nitrogen and oxygen atoms in total. The van der Waals surface area contributed by atoms with Crippen molar-refractivity contribution in [3.63, 3.8) is 0 Å². The summed E-state index contributed by atoms with van der Waals surface area (Å²) >= 11 is 0. The lowest BCUT2D eigenvalue weighted by atomic mass is 10.0. The number of aliphatic hydroxyl groups excluding tert-OH is 1. The van der Waals surface area contributed by atoms with Gasteiger partial charge in [0.2, 0.25) is 0 Å². The van der Waals surface area contributed by atoms with E-state index < -0.39 is 12.1 Å². The largest absolute Gasteiger partial charge is 0.368 e. The maximum atomic E-state index is 9.34. The van der Waals surface area contributed by atoms with E-state index in [2.05, 4.69) is 0 Å². The van der Waals surface area contributed by atoms with Crippen molar-refractivity contribution in [3.8, 4) is 0 Å². The second kappa shape index (κ2) is 2.92. The molecule has 2 heterocycles. The van der Waals surface area contributed by atoms with Crippen LogP contribution in [0, 0.1) is 0 Å². The van der Waals surface area contributed by atoms with Crippen molar-refractivity contribution in [3.05, 3.63) is 0 Å². The normalized spacial score (nSPS) is 48.9. The lowest BCUT2D eigenvalue weighted by molar-refractivity contribution is -0.203. The van der Waals surface area contributed by atoms with Gasteiger partial charge in [0.1, 0.15) is 6.10 Å². The van der Waals surface area contributed by atoms with E-state index in [1.54, 1.807) is 0 Å². The zero-order chi connectivity index (χ0) is 9.64. The fourth-order valence-corrected chi connectivity index (χ4v) is 2.02. The maximum absolute atomic E-state index is 9.34. The highest BCUT2D eigenvalue weighted by Gasteiger charge is 2.48. The van der Waals surface area contributed by atoms with Crippen LogP contribution < -0.4 is 0 Å². The van der Waals surface area contributed by atoms with Gasteiger partial charge in [0.25, 0.3) is 0 Å². The summed E-state index contributed by atoms with van der Waals surface area (Å²) in [5.41, 5.74) is 0. The lowest BCUT2D eigenvalue weighted by Crippen LogP contribution is -2.45. The lowest BCUT2D eigenvalue weighted by Gasteiger charge is -2.32. The van der Waals surface area contributed by atoms with Crippen LogP contribution in [0.4, 0.5) is 0 Å². The van der Waals surface area contributed by atoms with Crippen molar-refractivity contribution in [1.82, 2.24) is 0 Å². The maximum Gasteiger partial charge on any atom is 0.163 e. The predicted molar refractivity (Wildman–Crippen MR) is 45.0 cm³/mol. The molecule has 0 saturated carbocycles. The van der Waals surface area contributed by atoms with Gasteiger partial charge in [0, 0.05) is 6.42 Å². The van der Waals surface area contributed by atoms with Gasteiger partial charge < -0.3 is 19.3 Å². The van der Waals surface area contributed by atoms with Crippen molar-refractivity contribution in [2.75, 3.05) is 0 Å². The number of hydrogen-bond donors (Lipinski definition) is 1. The molecule has 0 amide bonds. The molecular formula is C9H16O4. The molecule has 0 unspecified atom stereocenters. The Labute approximate surface area is 77.8 Å². The molecule has 2 aliphatic heterocycles. The molecule has 0 radical (unpaired) electrons. The van der Waals surface area contributed by atoms with E-state index in [0.717, 1.165) is 0 Å². The molecule has 1 N–H and O–H groups in total. The third-order valence-corrected chi connectivity index (χ3v) is 2.49. The summed E-state index contributed by atoms with van der Waals surface area (Å²) in [5.74, 6) is -0.545. The fraction of sp³-hybridized carbons (Fsp3) is 1.00. The molecule has 0 aromatic carbocycles. The summed E-state index contributed by atoms with van der Waals surface area (Å²) in [6.45, 7) is 5.65. The predicted octanol–water partition coefficient (Wildman–Crippen LogP) is 0.634. The fourth-order valence-electron chi connectivity index (χ4n) is 2.02. The molecule has 0 aliphatic carbocycles. The first-order valence-electron chi connectivity index (χ1n) is 4.67. The van der Waals surface area contributed by atoms with Crippen molar-refractivity contribution in [2.45, 2.75) is 57.6 Å². The van der Waals surface area contributed by atoms with Gasteiger partial charge in [-0.25, -0.2) is 0 Å². The zero-order valence-electron chi connectivity index (χ0n) is 8.19. The summed E-state index contributed by atoms with van der Waals surface area (Å²) in [5, 5.41) is 9.34. The van der Waals surface area contributed by atoms with Crippen molar-refractivity contribution in [1.29, 1.82) is 0 Å². The Bertz CT molecular complexity index is 204. The van der Waals surface area contributed by atoms with Gasteiger partial charge in [-0.15, -0.1) is 0 Å². The number of rotatable bonds is 0. The van der Waals surface area contributed by atoms with Crippen LogP contribution in [0.15, 0.2) is 0 Å². The molecule has 76 valence electrons. The first kappa shape index (κ1) is 9.40. The molecule has 2 rings (SSSR count). The van der Waals surface area contributed by atoms with Gasteiger partial charge in [-0.3, -0.25) is 0 Å².